The van der Waals surface area contributed by atoms with Crippen LogP contribution in [0.5, 0.6) is 11.5 Å². The molecule has 0 radical (unpaired) electrons. The van der Waals surface area contributed by atoms with Crippen LogP contribution in [0, 0.1) is 21.4 Å². The molecule has 0 atom stereocenters. The highest BCUT2D eigenvalue weighted by molar-refractivity contribution is 8.18. The molecule has 1 saturated heterocycles. The second-order valence-corrected chi connectivity index (χ2v) is 8.66. The summed E-state index contributed by atoms with van der Waals surface area (Å²) in [5.74, 6) is 0.402. The SMILES string of the molecule is COc1cc(/C=C2\SC(=O)N(Cc3cccc([N+](=O)[O-])c3)C2=O)ccc1OCc1ccccc1C#N. The first kappa shape index (κ1) is 24.5. The molecule has 1 aliphatic heterocycles. The van der Waals surface area contributed by atoms with Gasteiger partial charge in [-0.15, -0.1) is 0 Å². The van der Waals surface area contributed by atoms with Crippen molar-refractivity contribution >= 4 is 34.7 Å². The number of nitro groups is 1. The van der Waals surface area contributed by atoms with Crippen molar-refractivity contribution in [2.45, 2.75) is 13.2 Å². The maximum Gasteiger partial charge on any atom is 0.293 e. The van der Waals surface area contributed by atoms with Gasteiger partial charge in [0.1, 0.15) is 6.61 Å². The Morgan fingerprint density at radius 1 is 1.08 bits per heavy atom. The summed E-state index contributed by atoms with van der Waals surface area (Å²) in [5, 5.41) is 19.8. The number of ether oxygens (including phenoxy) is 2. The molecule has 1 fully saturated rings. The highest BCUT2D eigenvalue weighted by Crippen LogP contribution is 2.35. The van der Waals surface area contributed by atoms with Crippen LogP contribution in [-0.2, 0) is 17.9 Å². The molecule has 1 aliphatic rings. The predicted molar refractivity (Wildman–Crippen MR) is 133 cm³/mol. The Balaban J connectivity index is 1.50. The number of nitriles is 1. The summed E-state index contributed by atoms with van der Waals surface area (Å²) in [6.45, 7) is 0.111. The zero-order chi connectivity index (χ0) is 25.7. The molecule has 0 saturated carbocycles. The fourth-order valence-corrected chi connectivity index (χ4v) is 4.38. The van der Waals surface area contributed by atoms with Gasteiger partial charge in [0, 0.05) is 17.7 Å². The molecule has 0 spiro atoms. The van der Waals surface area contributed by atoms with Crippen molar-refractivity contribution < 1.29 is 24.0 Å². The summed E-state index contributed by atoms with van der Waals surface area (Å²) in [6.07, 6.45) is 1.58. The van der Waals surface area contributed by atoms with Gasteiger partial charge >= 0.3 is 0 Å². The van der Waals surface area contributed by atoms with E-state index in [1.165, 1.54) is 25.3 Å². The van der Waals surface area contributed by atoms with E-state index >= 15 is 0 Å². The number of hydrogen-bond donors (Lipinski definition) is 0. The normalized spacial score (nSPS) is 14.1. The molecule has 4 rings (SSSR count). The number of methoxy groups -OCH3 is 1. The summed E-state index contributed by atoms with van der Waals surface area (Å²) < 4.78 is 11.3. The van der Waals surface area contributed by atoms with Gasteiger partial charge in [0.15, 0.2) is 11.5 Å². The minimum absolute atomic E-state index is 0.0655. The molecular weight excluding hydrogens is 482 g/mol. The zero-order valence-electron chi connectivity index (χ0n) is 19.0. The monoisotopic (exact) mass is 501 g/mol. The molecule has 0 unspecified atom stereocenters. The van der Waals surface area contributed by atoms with Crippen molar-refractivity contribution in [3.8, 4) is 17.6 Å². The first-order valence-corrected chi connectivity index (χ1v) is 11.5. The van der Waals surface area contributed by atoms with Crippen molar-refractivity contribution in [3.63, 3.8) is 0 Å². The summed E-state index contributed by atoms with van der Waals surface area (Å²) in [6, 6.07) is 20.2. The standard InChI is InChI=1S/C26H19N3O6S/c1-34-23-12-17(9-10-22(23)35-16-20-7-3-2-6-19(20)14-27)13-24-25(30)28(26(31)36-24)15-18-5-4-8-21(11-18)29(32)33/h2-13H,15-16H2,1H3/b24-13-. The lowest BCUT2D eigenvalue weighted by Gasteiger charge is -2.13. The summed E-state index contributed by atoms with van der Waals surface area (Å²) in [7, 11) is 1.49. The molecule has 9 nitrogen and oxygen atoms in total. The van der Waals surface area contributed by atoms with E-state index in [9.17, 15) is 25.0 Å². The van der Waals surface area contributed by atoms with Crippen LogP contribution in [0.15, 0.2) is 71.6 Å². The van der Waals surface area contributed by atoms with Gasteiger partial charge in [-0.25, -0.2) is 0 Å². The summed E-state index contributed by atoms with van der Waals surface area (Å²) in [4.78, 5) is 37.1. The first-order valence-electron chi connectivity index (χ1n) is 10.7. The Labute approximate surface area is 210 Å². The van der Waals surface area contributed by atoms with Gasteiger partial charge in [-0.1, -0.05) is 36.4 Å². The second kappa shape index (κ2) is 10.8. The molecule has 0 aromatic heterocycles. The van der Waals surface area contributed by atoms with E-state index in [0.29, 0.717) is 28.2 Å². The maximum atomic E-state index is 12.9. The number of rotatable bonds is 8. The van der Waals surface area contributed by atoms with Crippen LogP contribution in [0.1, 0.15) is 22.3 Å². The van der Waals surface area contributed by atoms with Crippen molar-refractivity contribution in [1.82, 2.24) is 4.90 Å². The molecular formula is C26H19N3O6S. The smallest absolute Gasteiger partial charge is 0.293 e. The lowest BCUT2D eigenvalue weighted by molar-refractivity contribution is -0.384. The molecule has 1 heterocycles. The lowest BCUT2D eigenvalue weighted by Crippen LogP contribution is -2.27. The number of carbonyl (C=O) groups is 2. The largest absolute Gasteiger partial charge is 0.493 e. The number of nitrogens with zero attached hydrogens (tertiary/aromatic N) is 3. The number of benzene rings is 3. The van der Waals surface area contributed by atoms with E-state index in [1.807, 2.05) is 12.1 Å². The fourth-order valence-electron chi connectivity index (χ4n) is 3.54. The average Bonchev–Trinajstić information content (AvgIpc) is 3.15. The van der Waals surface area contributed by atoms with Crippen LogP contribution in [0.25, 0.3) is 6.08 Å². The van der Waals surface area contributed by atoms with Crippen LogP contribution in [-0.4, -0.2) is 28.1 Å². The van der Waals surface area contributed by atoms with E-state index in [2.05, 4.69) is 6.07 Å². The van der Waals surface area contributed by atoms with Crippen LogP contribution in [0.4, 0.5) is 10.5 Å². The van der Waals surface area contributed by atoms with Crippen LogP contribution in [0.3, 0.4) is 0 Å². The Morgan fingerprint density at radius 2 is 1.89 bits per heavy atom. The number of hydrogen-bond acceptors (Lipinski definition) is 8. The fraction of sp³-hybridized carbons (Fsp3) is 0.115. The topological polar surface area (TPSA) is 123 Å². The number of non-ortho nitro benzene ring substituents is 1. The van der Waals surface area contributed by atoms with Gasteiger partial charge in [-0.2, -0.15) is 5.26 Å². The third-order valence-corrected chi connectivity index (χ3v) is 6.25. The number of amides is 2. The van der Waals surface area contributed by atoms with Crippen molar-refractivity contribution in [2.75, 3.05) is 7.11 Å². The first-order chi connectivity index (χ1) is 17.4. The minimum Gasteiger partial charge on any atom is -0.493 e. The number of imide groups is 1. The summed E-state index contributed by atoms with van der Waals surface area (Å²) >= 11 is 0.798. The average molecular weight is 502 g/mol. The van der Waals surface area contributed by atoms with E-state index < -0.39 is 16.1 Å². The Kier molecular flexibility index (Phi) is 7.32. The van der Waals surface area contributed by atoms with Crippen molar-refractivity contribution in [1.29, 1.82) is 5.26 Å². The minimum atomic E-state index is -0.528. The summed E-state index contributed by atoms with van der Waals surface area (Å²) in [5.41, 5.74) is 2.25. The quantitative estimate of drug-likeness (QED) is 0.232. The Morgan fingerprint density at radius 3 is 2.64 bits per heavy atom. The third kappa shape index (κ3) is 5.37. The molecule has 0 bridgehead atoms. The lowest BCUT2D eigenvalue weighted by atomic mass is 10.1. The van der Waals surface area contributed by atoms with E-state index in [-0.39, 0.29) is 23.7 Å². The Bertz CT molecular complexity index is 1430. The molecule has 2 amide bonds. The van der Waals surface area contributed by atoms with E-state index in [1.54, 1.807) is 42.5 Å². The number of thioether (sulfide) groups is 1. The molecule has 180 valence electrons. The highest BCUT2D eigenvalue weighted by Gasteiger charge is 2.35. The second-order valence-electron chi connectivity index (χ2n) is 7.66. The molecule has 3 aromatic carbocycles. The van der Waals surface area contributed by atoms with Gasteiger partial charge in [0.25, 0.3) is 16.8 Å². The molecule has 0 aliphatic carbocycles. The molecule has 3 aromatic rings. The van der Waals surface area contributed by atoms with Gasteiger partial charge in [-0.3, -0.25) is 24.6 Å². The zero-order valence-corrected chi connectivity index (χ0v) is 19.9. The van der Waals surface area contributed by atoms with E-state index in [4.69, 9.17) is 9.47 Å². The van der Waals surface area contributed by atoms with Crippen LogP contribution in [0.2, 0.25) is 0 Å². The Hall–Kier alpha value is -4.62. The van der Waals surface area contributed by atoms with Gasteiger partial charge < -0.3 is 9.47 Å². The van der Waals surface area contributed by atoms with Gasteiger partial charge in [0.05, 0.1) is 35.1 Å². The van der Waals surface area contributed by atoms with Crippen LogP contribution < -0.4 is 9.47 Å². The highest BCUT2D eigenvalue weighted by atomic mass is 32.2. The third-order valence-electron chi connectivity index (χ3n) is 5.34. The number of carbonyl (C=O) groups excluding carboxylic acids is 2. The molecule has 0 N–H and O–H groups in total. The predicted octanol–water partition coefficient (Wildman–Crippen LogP) is 5.29. The molecule has 36 heavy (non-hydrogen) atoms. The number of nitro benzene ring substituents is 1. The van der Waals surface area contributed by atoms with Gasteiger partial charge in [-0.05, 0) is 47.2 Å². The van der Waals surface area contributed by atoms with Crippen molar-refractivity contribution in [2.24, 2.45) is 0 Å². The van der Waals surface area contributed by atoms with Gasteiger partial charge in [0.2, 0.25) is 0 Å². The van der Waals surface area contributed by atoms with Crippen molar-refractivity contribution in [3.05, 3.63) is 104 Å². The maximum absolute atomic E-state index is 12.9. The van der Waals surface area contributed by atoms with E-state index in [0.717, 1.165) is 22.2 Å². The molecule has 10 heteroatoms. The van der Waals surface area contributed by atoms with Crippen LogP contribution >= 0.6 is 11.8 Å².